The third kappa shape index (κ3) is 3.06. The lowest BCUT2D eigenvalue weighted by atomic mass is 10.2. The predicted molar refractivity (Wildman–Crippen MR) is 67.0 cm³/mol. The van der Waals surface area contributed by atoms with E-state index in [9.17, 15) is 0 Å². The molecule has 0 atom stereocenters. The lowest BCUT2D eigenvalue weighted by molar-refractivity contribution is -0.880. The Hall–Kier alpha value is -1.84. The lowest BCUT2D eigenvalue weighted by Crippen LogP contribution is -2.44. The van der Waals surface area contributed by atoms with Crippen molar-refractivity contribution in [3.8, 4) is 5.82 Å². The second kappa shape index (κ2) is 6.68. The Labute approximate surface area is 102 Å². The number of rotatable bonds is 3. The second-order valence-electron chi connectivity index (χ2n) is 3.21. The minimum Gasteiger partial charge on any atom is -0.339 e. The third-order valence-corrected chi connectivity index (χ3v) is 2.30. The van der Waals surface area contributed by atoms with Gasteiger partial charge in [-0.05, 0) is 22.8 Å². The topological polar surface area (TPSA) is 30.9 Å². The van der Waals surface area contributed by atoms with E-state index in [4.69, 9.17) is 4.84 Å². The van der Waals surface area contributed by atoms with Gasteiger partial charge < -0.3 is 4.84 Å². The molecule has 0 bridgehead atoms. The second-order valence-corrected chi connectivity index (χ2v) is 3.21. The van der Waals surface area contributed by atoms with E-state index in [-0.39, 0.29) is 0 Å². The van der Waals surface area contributed by atoms with Gasteiger partial charge in [0.2, 0.25) is 0 Å². The molecule has 0 aliphatic rings. The highest BCUT2D eigenvalue weighted by molar-refractivity contribution is 5.18. The van der Waals surface area contributed by atoms with E-state index in [1.807, 2.05) is 38.4 Å². The monoisotopic (exact) mass is 234 g/mol. The Morgan fingerprint density at radius 3 is 2.65 bits per heavy atom. The number of pyridine rings is 1. The van der Waals surface area contributed by atoms with Crippen molar-refractivity contribution in [3.05, 3.63) is 42.4 Å². The largest absolute Gasteiger partial charge is 0.345 e. The molecule has 92 valence electrons. The maximum Gasteiger partial charge on any atom is 0.345 e. The summed E-state index contributed by atoms with van der Waals surface area (Å²) in [7, 11) is 1.65. The molecule has 0 spiro atoms. The van der Waals surface area contributed by atoms with E-state index in [0.717, 1.165) is 12.2 Å². The van der Waals surface area contributed by atoms with Crippen molar-refractivity contribution in [2.24, 2.45) is 0 Å². The van der Waals surface area contributed by atoms with E-state index < -0.39 is 0 Å². The highest BCUT2D eigenvalue weighted by Gasteiger charge is 2.13. The Kier molecular flexibility index (Phi) is 5.20. The number of aromatic nitrogens is 3. The summed E-state index contributed by atoms with van der Waals surface area (Å²) in [5, 5.41) is 4.17. The molecule has 0 N–H and O–H groups in total. The fourth-order valence-electron chi connectivity index (χ4n) is 1.45. The summed E-state index contributed by atoms with van der Waals surface area (Å²) < 4.78 is 3.48. The van der Waals surface area contributed by atoms with Crippen LogP contribution in [-0.4, -0.2) is 16.9 Å². The SMILES string of the molecule is CC.CCc1ccc(-n2cccn2)[n+](OC)c1. The van der Waals surface area contributed by atoms with Crippen LogP contribution in [-0.2, 0) is 6.42 Å². The quantitative estimate of drug-likeness (QED) is 0.758. The molecule has 2 aromatic heterocycles. The van der Waals surface area contributed by atoms with E-state index in [1.54, 1.807) is 22.7 Å². The summed E-state index contributed by atoms with van der Waals surface area (Å²) in [6.45, 7) is 6.11. The summed E-state index contributed by atoms with van der Waals surface area (Å²) >= 11 is 0. The smallest absolute Gasteiger partial charge is 0.339 e. The van der Waals surface area contributed by atoms with Crippen molar-refractivity contribution in [3.63, 3.8) is 0 Å². The van der Waals surface area contributed by atoms with Gasteiger partial charge in [0.15, 0.2) is 0 Å². The highest BCUT2D eigenvalue weighted by Crippen LogP contribution is 2.02. The molecule has 0 amide bonds. The zero-order valence-corrected chi connectivity index (χ0v) is 10.9. The first-order valence-corrected chi connectivity index (χ1v) is 5.94. The lowest BCUT2D eigenvalue weighted by Gasteiger charge is -2.03. The molecule has 4 heteroatoms. The van der Waals surface area contributed by atoms with Crippen molar-refractivity contribution in [1.29, 1.82) is 0 Å². The van der Waals surface area contributed by atoms with Gasteiger partial charge in [0, 0.05) is 12.1 Å². The molecule has 0 radical (unpaired) electrons. The Morgan fingerprint density at radius 2 is 2.12 bits per heavy atom. The van der Waals surface area contributed by atoms with Crippen LogP contribution in [0.4, 0.5) is 0 Å². The summed E-state index contributed by atoms with van der Waals surface area (Å²) in [6.07, 6.45) is 6.59. The van der Waals surface area contributed by atoms with Gasteiger partial charge in [-0.2, -0.15) is 0 Å². The van der Waals surface area contributed by atoms with Crippen LogP contribution >= 0.6 is 0 Å². The van der Waals surface area contributed by atoms with Gasteiger partial charge in [-0.1, -0.05) is 25.9 Å². The van der Waals surface area contributed by atoms with Crippen LogP contribution in [0.25, 0.3) is 5.82 Å². The molecule has 0 saturated heterocycles. The summed E-state index contributed by atoms with van der Waals surface area (Å²) in [6, 6.07) is 5.95. The van der Waals surface area contributed by atoms with Crippen LogP contribution in [0.5, 0.6) is 0 Å². The molecular formula is C13H20N3O+. The van der Waals surface area contributed by atoms with Gasteiger partial charge in [0.25, 0.3) is 0 Å². The predicted octanol–water partition coefficient (Wildman–Crippen LogP) is 1.81. The number of hydrogen-bond acceptors (Lipinski definition) is 2. The molecule has 0 fully saturated rings. The molecule has 2 heterocycles. The highest BCUT2D eigenvalue weighted by atomic mass is 16.6. The zero-order chi connectivity index (χ0) is 12.7. The molecule has 2 rings (SSSR count). The maximum absolute atomic E-state index is 5.27. The molecule has 0 saturated carbocycles. The van der Waals surface area contributed by atoms with Gasteiger partial charge in [0.05, 0.1) is 6.20 Å². The van der Waals surface area contributed by atoms with Crippen molar-refractivity contribution in [2.45, 2.75) is 27.2 Å². The van der Waals surface area contributed by atoms with Gasteiger partial charge in [-0.15, -0.1) is 4.68 Å². The van der Waals surface area contributed by atoms with E-state index in [0.29, 0.717) is 0 Å². The average molecular weight is 234 g/mol. The number of hydrogen-bond donors (Lipinski definition) is 0. The summed E-state index contributed by atoms with van der Waals surface area (Å²) in [4.78, 5) is 5.27. The average Bonchev–Trinajstić information content (AvgIpc) is 2.94. The van der Waals surface area contributed by atoms with E-state index in [2.05, 4.69) is 18.1 Å². The van der Waals surface area contributed by atoms with Crippen LogP contribution < -0.4 is 9.57 Å². The molecule has 17 heavy (non-hydrogen) atoms. The molecular weight excluding hydrogens is 214 g/mol. The number of nitrogens with zero attached hydrogens (tertiary/aromatic N) is 3. The van der Waals surface area contributed by atoms with E-state index >= 15 is 0 Å². The normalized spacial score (nSPS) is 9.41. The Morgan fingerprint density at radius 1 is 1.35 bits per heavy atom. The van der Waals surface area contributed by atoms with Crippen molar-refractivity contribution in [1.82, 2.24) is 9.78 Å². The fraction of sp³-hybridized carbons (Fsp3) is 0.385. The van der Waals surface area contributed by atoms with Crippen molar-refractivity contribution in [2.75, 3.05) is 7.11 Å². The fourth-order valence-corrected chi connectivity index (χ4v) is 1.45. The van der Waals surface area contributed by atoms with Crippen LogP contribution in [0.15, 0.2) is 36.8 Å². The zero-order valence-electron chi connectivity index (χ0n) is 10.9. The number of aryl methyl sites for hydroxylation is 1. The molecule has 0 aliphatic heterocycles. The standard InChI is InChI=1S/C11H14N3O.C2H6/c1-3-10-5-6-11(14(9-10)15-2)13-8-4-7-12-13;1-2/h4-9H,3H2,1-2H3;1-2H3/q+1;. The molecule has 4 nitrogen and oxygen atoms in total. The summed E-state index contributed by atoms with van der Waals surface area (Å²) in [5.74, 6) is 0.889. The van der Waals surface area contributed by atoms with Gasteiger partial charge in [-0.25, -0.2) is 0 Å². The first-order chi connectivity index (χ1) is 8.35. The van der Waals surface area contributed by atoms with Crippen LogP contribution in [0.2, 0.25) is 0 Å². The minimum absolute atomic E-state index is 0.889. The van der Waals surface area contributed by atoms with Crippen molar-refractivity contribution < 1.29 is 9.57 Å². The molecule has 0 aliphatic carbocycles. The minimum atomic E-state index is 0.889. The van der Waals surface area contributed by atoms with Crippen LogP contribution in [0.1, 0.15) is 26.3 Å². The summed E-state index contributed by atoms with van der Waals surface area (Å²) in [5.41, 5.74) is 1.23. The molecule has 0 aromatic carbocycles. The first kappa shape index (κ1) is 13.2. The first-order valence-electron chi connectivity index (χ1n) is 5.94. The van der Waals surface area contributed by atoms with Gasteiger partial charge in [-0.3, -0.25) is 0 Å². The van der Waals surface area contributed by atoms with Crippen LogP contribution in [0, 0.1) is 0 Å². The van der Waals surface area contributed by atoms with Crippen molar-refractivity contribution >= 4 is 0 Å². The Balaban J connectivity index is 0.000000686. The maximum atomic E-state index is 5.27. The molecule has 2 aromatic rings. The third-order valence-electron chi connectivity index (χ3n) is 2.30. The Bertz CT molecular complexity index is 438. The van der Waals surface area contributed by atoms with Crippen LogP contribution in [0.3, 0.4) is 0 Å². The van der Waals surface area contributed by atoms with E-state index in [1.165, 1.54) is 5.56 Å². The molecule has 0 unspecified atom stereocenters. The van der Waals surface area contributed by atoms with Gasteiger partial charge in [0.1, 0.15) is 19.5 Å². The van der Waals surface area contributed by atoms with Gasteiger partial charge >= 0.3 is 5.82 Å².